The van der Waals surface area contributed by atoms with Crippen molar-refractivity contribution in [3.05, 3.63) is 28.8 Å². The molecule has 3 amide bonds. The predicted molar refractivity (Wildman–Crippen MR) is 87.0 cm³/mol. The number of nitrogens with one attached hydrogen (secondary N) is 2. The lowest BCUT2D eigenvalue weighted by Gasteiger charge is -2.23. The van der Waals surface area contributed by atoms with Crippen LogP contribution in [0.15, 0.2) is 18.2 Å². The molecule has 1 saturated carbocycles. The van der Waals surface area contributed by atoms with Crippen LogP contribution in [-0.4, -0.2) is 47.8 Å². The third kappa shape index (κ3) is 3.87. The second-order valence-corrected chi connectivity index (χ2v) is 6.91. The first kappa shape index (κ1) is 18.8. The molecule has 1 aromatic rings. The molecule has 1 aromatic carbocycles. The number of benzene rings is 1. The van der Waals surface area contributed by atoms with Gasteiger partial charge in [0, 0.05) is 24.7 Å². The number of anilines is 1. The topological polar surface area (TPSA) is 61.4 Å². The van der Waals surface area contributed by atoms with Crippen molar-refractivity contribution in [3.8, 4) is 0 Å². The lowest BCUT2D eigenvalue weighted by molar-refractivity contribution is -0.224. The molecule has 142 valence electrons. The average molecular weight is 394 g/mol. The minimum Gasteiger partial charge on any atom is -0.349 e. The van der Waals surface area contributed by atoms with Gasteiger partial charge in [-0.3, -0.25) is 4.79 Å². The Hall–Kier alpha value is -2.03. The number of hydrogen-bond donors (Lipinski definition) is 2. The quantitative estimate of drug-likeness (QED) is 0.768. The number of likely N-dealkylation sites (tertiary alicyclic amines) is 1. The van der Waals surface area contributed by atoms with Gasteiger partial charge in [0.25, 0.3) is 5.91 Å². The van der Waals surface area contributed by atoms with Gasteiger partial charge in [-0.1, -0.05) is 11.6 Å². The first-order valence-corrected chi connectivity index (χ1v) is 8.39. The van der Waals surface area contributed by atoms with Gasteiger partial charge in [-0.05, 0) is 31.0 Å². The average Bonchev–Trinajstić information content (AvgIpc) is 3.26. The van der Waals surface area contributed by atoms with E-state index in [0.717, 1.165) is 17.7 Å². The van der Waals surface area contributed by atoms with Crippen molar-refractivity contribution < 1.29 is 27.2 Å². The Morgan fingerprint density at radius 1 is 1.27 bits per heavy atom. The van der Waals surface area contributed by atoms with Crippen LogP contribution in [-0.2, 0) is 0 Å². The van der Waals surface area contributed by atoms with Crippen LogP contribution >= 0.6 is 11.6 Å². The lowest BCUT2D eigenvalue weighted by atomic mass is 10.1. The number of amides is 3. The SMILES string of the molecule is O=C(NC1CC1)c1cc(NC(=O)N2CCC(F)(C(F)(F)F)C2)ccc1Cl. The molecule has 5 nitrogen and oxygen atoms in total. The zero-order valence-electron chi connectivity index (χ0n) is 13.5. The summed E-state index contributed by atoms with van der Waals surface area (Å²) in [5.74, 6) is -0.394. The fourth-order valence-electron chi connectivity index (χ4n) is 2.65. The molecule has 0 radical (unpaired) electrons. The van der Waals surface area contributed by atoms with Gasteiger partial charge in [-0.15, -0.1) is 0 Å². The van der Waals surface area contributed by atoms with Gasteiger partial charge in [-0.25, -0.2) is 9.18 Å². The highest BCUT2D eigenvalue weighted by Gasteiger charge is 2.60. The van der Waals surface area contributed by atoms with E-state index in [1.807, 2.05) is 0 Å². The van der Waals surface area contributed by atoms with Gasteiger partial charge in [0.2, 0.25) is 5.67 Å². The third-order valence-electron chi connectivity index (χ3n) is 4.39. The molecule has 26 heavy (non-hydrogen) atoms. The summed E-state index contributed by atoms with van der Waals surface area (Å²) >= 11 is 5.99. The number of alkyl halides is 4. The standard InChI is InChI=1S/C16H16ClF4N3O2/c17-12-4-3-10(7-11(12)13(25)22-9-1-2-9)23-14(26)24-6-5-15(18,8-24)16(19,20)21/h3-4,7,9H,1-2,5-6,8H2,(H,22,25)(H,23,26). The van der Waals surface area contributed by atoms with Crippen molar-refractivity contribution in [2.24, 2.45) is 0 Å². The van der Waals surface area contributed by atoms with Crippen molar-refractivity contribution >= 4 is 29.2 Å². The summed E-state index contributed by atoms with van der Waals surface area (Å²) in [5, 5.41) is 5.31. The van der Waals surface area contributed by atoms with E-state index in [9.17, 15) is 27.2 Å². The summed E-state index contributed by atoms with van der Waals surface area (Å²) in [6, 6.07) is 3.39. The zero-order chi connectivity index (χ0) is 19.1. The van der Waals surface area contributed by atoms with Gasteiger partial charge in [0.05, 0.1) is 17.1 Å². The highest BCUT2D eigenvalue weighted by Crippen LogP contribution is 2.41. The Morgan fingerprint density at radius 2 is 1.96 bits per heavy atom. The monoisotopic (exact) mass is 393 g/mol. The molecule has 1 heterocycles. The maximum absolute atomic E-state index is 13.9. The van der Waals surface area contributed by atoms with Crippen molar-refractivity contribution in [2.45, 2.75) is 37.1 Å². The number of halogens is 5. The van der Waals surface area contributed by atoms with Crippen molar-refractivity contribution in [1.29, 1.82) is 0 Å². The number of carbonyl (C=O) groups is 2. The minimum atomic E-state index is -5.03. The van der Waals surface area contributed by atoms with E-state index in [0.29, 0.717) is 0 Å². The number of carbonyl (C=O) groups excluding carboxylic acids is 2. The van der Waals surface area contributed by atoms with Crippen LogP contribution in [0.5, 0.6) is 0 Å². The second kappa shape index (κ2) is 6.61. The molecule has 2 N–H and O–H groups in total. The van der Waals surface area contributed by atoms with Crippen molar-refractivity contribution in [1.82, 2.24) is 10.2 Å². The van der Waals surface area contributed by atoms with E-state index in [1.165, 1.54) is 18.2 Å². The number of hydrogen-bond acceptors (Lipinski definition) is 2. The normalized spacial score (nSPS) is 23.0. The van der Waals surface area contributed by atoms with E-state index in [4.69, 9.17) is 11.6 Å². The van der Waals surface area contributed by atoms with E-state index in [2.05, 4.69) is 10.6 Å². The molecule has 1 aliphatic carbocycles. The largest absolute Gasteiger partial charge is 0.424 e. The molecule has 0 aromatic heterocycles. The van der Waals surface area contributed by atoms with Crippen LogP contribution in [0.1, 0.15) is 29.6 Å². The molecular formula is C16H16ClF4N3O2. The summed E-state index contributed by atoms with van der Waals surface area (Å²) in [5.41, 5.74) is -3.07. The lowest BCUT2D eigenvalue weighted by Crippen LogP contribution is -2.45. The Balaban J connectivity index is 1.67. The molecule has 1 unspecified atom stereocenters. The molecule has 1 atom stereocenters. The summed E-state index contributed by atoms with van der Waals surface area (Å²) in [4.78, 5) is 25.0. The summed E-state index contributed by atoms with van der Waals surface area (Å²) < 4.78 is 52.0. The van der Waals surface area contributed by atoms with Crippen LogP contribution < -0.4 is 10.6 Å². The maximum atomic E-state index is 13.9. The minimum absolute atomic E-state index is 0.112. The number of urea groups is 1. The number of nitrogens with zero attached hydrogens (tertiary/aromatic N) is 1. The number of rotatable bonds is 3. The van der Waals surface area contributed by atoms with Gasteiger partial charge in [-0.2, -0.15) is 13.2 Å². The fourth-order valence-corrected chi connectivity index (χ4v) is 2.85. The predicted octanol–water partition coefficient (Wildman–Crippen LogP) is 3.74. The Labute approximate surface area is 151 Å². The van der Waals surface area contributed by atoms with Crippen LogP contribution in [0.3, 0.4) is 0 Å². The Bertz CT molecular complexity index is 739. The van der Waals surface area contributed by atoms with Gasteiger partial charge in [0.1, 0.15) is 0 Å². The van der Waals surface area contributed by atoms with Crippen molar-refractivity contribution in [3.63, 3.8) is 0 Å². The molecule has 3 rings (SSSR count). The van der Waals surface area contributed by atoms with Crippen LogP contribution in [0, 0.1) is 0 Å². The molecule has 0 bridgehead atoms. The highest BCUT2D eigenvalue weighted by molar-refractivity contribution is 6.34. The highest BCUT2D eigenvalue weighted by atomic mass is 35.5. The van der Waals surface area contributed by atoms with Gasteiger partial charge in [0.15, 0.2) is 0 Å². The molecular weight excluding hydrogens is 378 g/mol. The van der Waals surface area contributed by atoms with E-state index >= 15 is 0 Å². The Morgan fingerprint density at radius 3 is 2.54 bits per heavy atom. The molecule has 2 aliphatic rings. The second-order valence-electron chi connectivity index (χ2n) is 6.51. The van der Waals surface area contributed by atoms with E-state index < -0.39 is 36.7 Å². The molecule has 1 aliphatic heterocycles. The third-order valence-corrected chi connectivity index (χ3v) is 4.72. The molecule has 2 fully saturated rings. The molecule has 0 spiro atoms. The van der Waals surface area contributed by atoms with Crippen molar-refractivity contribution in [2.75, 3.05) is 18.4 Å². The molecule has 1 saturated heterocycles. The smallest absolute Gasteiger partial charge is 0.349 e. The molecule has 10 heteroatoms. The van der Waals surface area contributed by atoms with E-state index in [1.54, 1.807) is 0 Å². The zero-order valence-corrected chi connectivity index (χ0v) is 14.3. The van der Waals surface area contributed by atoms with Crippen LogP contribution in [0.4, 0.5) is 28.0 Å². The van der Waals surface area contributed by atoms with Crippen LogP contribution in [0.2, 0.25) is 5.02 Å². The summed E-state index contributed by atoms with van der Waals surface area (Å²) in [7, 11) is 0. The van der Waals surface area contributed by atoms with Gasteiger partial charge < -0.3 is 15.5 Å². The van der Waals surface area contributed by atoms with E-state index in [-0.39, 0.29) is 28.9 Å². The fraction of sp³-hybridized carbons (Fsp3) is 0.500. The first-order chi connectivity index (χ1) is 12.1. The Kier molecular flexibility index (Phi) is 4.76. The first-order valence-electron chi connectivity index (χ1n) is 8.01. The maximum Gasteiger partial charge on any atom is 0.424 e. The van der Waals surface area contributed by atoms with Crippen LogP contribution in [0.25, 0.3) is 0 Å². The summed E-state index contributed by atoms with van der Waals surface area (Å²) in [6.45, 7) is -1.42. The van der Waals surface area contributed by atoms with Gasteiger partial charge >= 0.3 is 12.2 Å². The summed E-state index contributed by atoms with van der Waals surface area (Å²) in [6.07, 6.45) is -4.06.